The largest absolute Gasteiger partial charge is 0.497 e. The van der Waals surface area contributed by atoms with Gasteiger partial charge in [-0.05, 0) is 54.1 Å². The molecule has 0 bridgehead atoms. The van der Waals surface area contributed by atoms with Crippen LogP contribution in [0, 0.1) is 11.8 Å². The topological polar surface area (TPSA) is 66.9 Å². The highest BCUT2D eigenvalue weighted by atomic mass is 35.5. The molecule has 2 fully saturated rings. The van der Waals surface area contributed by atoms with E-state index in [0.717, 1.165) is 16.2 Å². The van der Waals surface area contributed by atoms with Crippen LogP contribution in [0.5, 0.6) is 5.75 Å². The molecule has 3 aliphatic rings. The number of rotatable bonds is 4. The molecular weight excluding hydrogens is 499 g/mol. The second-order valence-electron chi connectivity index (χ2n) is 9.04. The third kappa shape index (κ3) is 3.36. The van der Waals surface area contributed by atoms with Crippen molar-refractivity contribution < 1.29 is 19.1 Å². The zero-order valence-corrected chi connectivity index (χ0v) is 20.6. The molecule has 0 aromatic heterocycles. The molecule has 3 aromatic rings. The minimum atomic E-state index is -0.870. The van der Waals surface area contributed by atoms with Gasteiger partial charge >= 0.3 is 0 Å². The van der Waals surface area contributed by atoms with Gasteiger partial charge in [-0.15, -0.1) is 0 Å². The van der Waals surface area contributed by atoms with Gasteiger partial charge in [0, 0.05) is 21.3 Å². The molecule has 3 aromatic carbocycles. The van der Waals surface area contributed by atoms with Crippen molar-refractivity contribution in [3.63, 3.8) is 0 Å². The Morgan fingerprint density at radius 2 is 1.56 bits per heavy atom. The van der Waals surface area contributed by atoms with Crippen LogP contribution in [0.25, 0.3) is 6.08 Å². The quantitative estimate of drug-likeness (QED) is 0.347. The first-order valence-electron chi connectivity index (χ1n) is 11.5. The number of hydrogen-bond donors (Lipinski definition) is 0. The third-order valence-electron chi connectivity index (χ3n) is 7.16. The van der Waals surface area contributed by atoms with E-state index < -0.39 is 29.8 Å². The molecule has 180 valence electrons. The normalized spacial score (nSPS) is 24.0. The maximum atomic E-state index is 14.0. The number of fused-ring (bicyclic) bond motifs is 5. The maximum absolute atomic E-state index is 14.0. The monoisotopic (exact) mass is 518 g/mol. The number of hydrogen-bond acceptors (Lipinski definition) is 5. The molecule has 8 heteroatoms. The average Bonchev–Trinajstić information content (AvgIpc) is 3.35. The lowest BCUT2D eigenvalue weighted by Crippen LogP contribution is -2.48. The van der Waals surface area contributed by atoms with E-state index >= 15 is 0 Å². The van der Waals surface area contributed by atoms with Crippen molar-refractivity contribution in [3.8, 4) is 5.75 Å². The molecule has 2 saturated heterocycles. The van der Waals surface area contributed by atoms with Gasteiger partial charge in [-0.2, -0.15) is 0 Å². The summed E-state index contributed by atoms with van der Waals surface area (Å²) >= 11 is 12.4. The Kier molecular flexibility index (Phi) is 5.39. The Morgan fingerprint density at radius 1 is 0.889 bits per heavy atom. The predicted molar refractivity (Wildman–Crippen MR) is 139 cm³/mol. The van der Waals surface area contributed by atoms with E-state index in [9.17, 15) is 14.4 Å². The fourth-order valence-corrected chi connectivity index (χ4v) is 6.18. The molecule has 0 saturated carbocycles. The van der Waals surface area contributed by atoms with Crippen LogP contribution in [-0.4, -0.2) is 36.8 Å². The van der Waals surface area contributed by atoms with Crippen LogP contribution in [0.3, 0.4) is 0 Å². The van der Waals surface area contributed by atoms with E-state index in [1.54, 1.807) is 31.4 Å². The summed E-state index contributed by atoms with van der Waals surface area (Å²) in [6.45, 7) is 0. The van der Waals surface area contributed by atoms with E-state index in [1.165, 1.54) is 18.2 Å². The lowest BCUT2D eigenvalue weighted by molar-refractivity contribution is -0.122. The average molecular weight is 519 g/mol. The minimum absolute atomic E-state index is 0.229. The van der Waals surface area contributed by atoms with Crippen molar-refractivity contribution in [2.45, 2.75) is 12.1 Å². The second-order valence-corrected chi connectivity index (χ2v) is 9.92. The summed E-state index contributed by atoms with van der Waals surface area (Å²) in [6.07, 6.45) is 3.87. The van der Waals surface area contributed by atoms with E-state index in [2.05, 4.69) is 0 Å². The zero-order valence-electron chi connectivity index (χ0n) is 19.1. The van der Waals surface area contributed by atoms with Gasteiger partial charge in [-0.3, -0.25) is 14.4 Å². The Hall–Kier alpha value is -3.61. The van der Waals surface area contributed by atoms with Crippen molar-refractivity contribution in [2.24, 2.45) is 11.8 Å². The Morgan fingerprint density at radius 3 is 2.25 bits per heavy atom. The third-order valence-corrected chi connectivity index (χ3v) is 7.60. The molecule has 0 aliphatic carbocycles. The van der Waals surface area contributed by atoms with E-state index in [4.69, 9.17) is 27.9 Å². The van der Waals surface area contributed by atoms with Crippen LogP contribution in [0.15, 0.2) is 72.8 Å². The molecule has 2 amide bonds. The number of carbonyl (C=O) groups excluding carboxylic acids is 3. The number of methoxy groups -OCH3 is 1. The molecule has 3 heterocycles. The summed E-state index contributed by atoms with van der Waals surface area (Å²) in [5.74, 6) is -2.01. The fourth-order valence-electron chi connectivity index (χ4n) is 5.66. The van der Waals surface area contributed by atoms with Gasteiger partial charge in [0.05, 0.1) is 30.7 Å². The van der Waals surface area contributed by atoms with Crippen molar-refractivity contribution in [1.82, 2.24) is 0 Å². The molecule has 4 atom stereocenters. The van der Waals surface area contributed by atoms with Crippen molar-refractivity contribution >= 4 is 58.3 Å². The maximum Gasteiger partial charge on any atom is 0.240 e. The summed E-state index contributed by atoms with van der Waals surface area (Å²) in [5.41, 5.74) is 2.50. The number of ketones is 1. The second kappa shape index (κ2) is 8.50. The van der Waals surface area contributed by atoms with Crippen LogP contribution in [0.1, 0.15) is 15.9 Å². The number of Topliss-reactive ketones (excluding diaryl/α,β-unsaturated/α-hetero) is 1. The standard InChI is InChI=1S/C28H20Cl2N2O4/c1-36-20-9-6-16(7-10-20)26(33)25-24-23(22-11-8-15-4-2-3-5-21(15)32(22)25)27(34)31(28(24)35)19-13-17(29)12-18(30)14-19/h2-14,22-25H,1H3/t22-,23-,24-,25+/m1/s1. The van der Waals surface area contributed by atoms with Crippen molar-refractivity contribution in [1.29, 1.82) is 0 Å². The summed E-state index contributed by atoms with van der Waals surface area (Å²) in [7, 11) is 1.56. The number of para-hydroxylation sites is 1. The molecular formula is C28H20Cl2N2O4. The molecule has 3 aliphatic heterocycles. The van der Waals surface area contributed by atoms with Crippen LogP contribution in [-0.2, 0) is 9.59 Å². The molecule has 0 unspecified atom stereocenters. The SMILES string of the molecule is COc1ccc(C(=O)[C@@H]2[C@@H]3C(=O)N(c4cc(Cl)cc(Cl)c4)C(=O)[C@@H]3[C@H]3C=Cc4ccccc4N32)cc1. The number of halogens is 2. The van der Waals surface area contributed by atoms with E-state index in [0.29, 0.717) is 27.0 Å². The number of carbonyl (C=O) groups is 3. The first-order chi connectivity index (χ1) is 17.4. The summed E-state index contributed by atoms with van der Waals surface area (Å²) in [4.78, 5) is 44.8. The van der Waals surface area contributed by atoms with Gasteiger partial charge in [-0.1, -0.05) is 53.6 Å². The molecule has 0 spiro atoms. The van der Waals surface area contributed by atoms with Gasteiger partial charge in [0.25, 0.3) is 0 Å². The van der Waals surface area contributed by atoms with Crippen LogP contribution in [0.2, 0.25) is 10.0 Å². The lowest BCUT2D eigenvalue weighted by Gasteiger charge is -2.36. The highest BCUT2D eigenvalue weighted by Gasteiger charge is 2.64. The minimum Gasteiger partial charge on any atom is -0.497 e. The zero-order chi connectivity index (χ0) is 25.1. The molecule has 6 nitrogen and oxygen atoms in total. The van der Waals surface area contributed by atoms with Crippen LogP contribution < -0.4 is 14.5 Å². The Labute approximate surface area is 217 Å². The van der Waals surface area contributed by atoms with Crippen LogP contribution in [0.4, 0.5) is 11.4 Å². The number of anilines is 2. The van der Waals surface area contributed by atoms with Gasteiger partial charge in [-0.25, -0.2) is 4.90 Å². The highest BCUT2D eigenvalue weighted by Crippen LogP contribution is 2.50. The van der Waals surface area contributed by atoms with E-state index in [1.807, 2.05) is 41.3 Å². The van der Waals surface area contributed by atoms with Gasteiger partial charge in [0.2, 0.25) is 11.8 Å². The van der Waals surface area contributed by atoms with E-state index in [-0.39, 0.29) is 11.7 Å². The molecule has 36 heavy (non-hydrogen) atoms. The number of ether oxygens (including phenoxy) is 1. The van der Waals surface area contributed by atoms with Gasteiger partial charge < -0.3 is 9.64 Å². The van der Waals surface area contributed by atoms with Crippen molar-refractivity contribution in [3.05, 3.63) is 94.0 Å². The molecule has 0 N–H and O–H groups in total. The Balaban J connectivity index is 1.48. The smallest absolute Gasteiger partial charge is 0.240 e. The first kappa shape index (κ1) is 22.8. The van der Waals surface area contributed by atoms with Crippen molar-refractivity contribution in [2.75, 3.05) is 16.9 Å². The first-order valence-corrected chi connectivity index (χ1v) is 12.2. The number of imide groups is 1. The predicted octanol–water partition coefficient (Wildman–Crippen LogP) is 5.27. The molecule has 6 rings (SSSR count). The number of nitrogens with zero attached hydrogens (tertiary/aromatic N) is 2. The summed E-state index contributed by atoms with van der Waals surface area (Å²) in [5, 5.41) is 0.628. The van der Waals surface area contributed by atoms with Gasteiger partial charge in [0.1, 0.15) is 11.8 Å². The fraction of sp³-hybridized carbons (Fsp3) is 0.179. The highest BCUT2D eigenvalue weighted by molar-refractivity contribution is 6.36. The molecule has 0 radical (unpaired) electrons. The summed E-state index contributed by atoms with van der Waals surface area (Å²) in [6, 6.07) is 17.8. The van der Waals surface area contributed by atoms with Gasteiger partial charge in [0.15, 0.2) is 5.78 Å². The van der Waals surface area contributed by atoms with Crippen LogP contribution >= 0.6 is 23.2 Å². The number of benzene rings is 3. The Bertz CT molecular complexity index is 1430. The summed E-state index contributed by atoms with van der Waals surface area (Å²) < 4.78 is 5.23. The lowest BCUT2D eigenvalue weighted by atomic mass is 9.86. The number of amides is 2.